The van der Waals surface area contributed by atoms with Crippen molar-refractivity contribution in [1.29, 1.82) is 0 Å². The Labute approximate surface area is 161 Å². The average Bonchev–Trinajstić information content (AvgIpc) is 3.29. The number of nitrogens with zero attached hydrogens (tertiary/aromatic N) is 3. The van der Waals surface area contributed by atoms with Crippen molar-refractivity contribution in [3.05, 3.63) is 47.5 Å². The van der Waals surface area contributed by atoms with Crippen LogP contribution in [0.5, 0.6) is 0 Å². The molecule has 0 atom stereocenters. The van der Waals surface area contributed by atoms with Crippen LogP contribution in [0.15, 0.2) is 47.0 Å². The number of hydrogen-bond acceptors (Lipinski definition) is 7. The third-order valence-corrected chi connectivity index (χ3v) is 4.75. The number of anilines is 2. The van der Waals surface area contributed by atoms with Crippen molar-refractivity contribution in [3.63, 3.8) is 0 Å². The maximum atomic E-state index is 9.50. The predicted octanol–water partition coefficient (Wildman–Crippen LogP) is 3.73. The topological polar surface area (TPSA) is 86.5 Å². The first-order valence-electron chi connectivity index (χ1n) is 8.60. The Morgan fingerprint density at radius 1 is 1.22 bits per heavy atom. The van der Waals surface area contributed by atoms with E-state index in [0.717, 1.165) is 16.9 Å². The van der Waals surface area contributed by atoms with Crippen LogP contribution in [0.4, 0.5) is 11.4 Å². The lowest BCUT2D eigenvalue weighted by Crippen LogP contribution is -2.43. The van der Waals surface area contributed by atoms with E-state index in [2.05, 4.69) is 21.1 Å². The molecule has 4 rings (SSSR count). The minimum Gasteiger partial charge on any atom is -0.396 e. The summed E-state index contributed by atoms with van der Waals surface area (Å²) in [6.45, 7) is 4.78. The molecule has 1 aliphatic rings. The summed E-state index contributed by atoms with van der Waals surface area (Å²) in [5.41, 5.74) is 9.47. The Hall–Kier alpha value is -2.61. The Bertz CT molecular complexity index is 972. The maximum absolute atomic E-state index is 9.50. The molecule has 0 fully saturated rings. The van der Waals surface area contributed by atoms with Gasteiger partial charge < -0.3 is 15.1 Å². The van der Waals surface area contributed by atoms with Gasteiger partial charge in [-0.15, -0.1) is 5.53 Å². The Kier molecular flexibility index (Phi) is 4.51. The zero-order chi connectivity index (χ0) is 19.0. The van der Waals surface area contributed by atoms with Gasteiger partial charge in [0.25, 0.3) is 5.89 Å². The summed E-state index contributed by atoms with van der Waals surface area (Å²) in [5, 5.41) is 16.1. The van der Waals surface area contributed by atoms with Gasteiger partial charge in [0.2, 0.25) is 5.82 Å². The molecule has 0 saturated carbocycles. The molecule has 0 saturated heterocycles. The van der Waals surface area contributed by atoms with Crippen molar-refractivity contribution in [1.82, 2.24) is 15.7 Å². The van der Waals surface area contributed by atoms with Crippen LogP contribution in [0.1, 0.15) is 13.8 Å². The summed E-state index contributed by atoms with van der Waals surface area (Å²) in [5.74, 6) is 0.872. The van der Waals surface area contributed by atoms with E-state index in [4.69, 9.17) is 16.1 Å². The van der Waals surface area contributed by atoms with Crippen LogP contribution in [0.2, 0.25) is 5.02 Å². The molecule has 0 radical (unpaired) electrons. The highest BCUT2D eigenvalue weighted by molar-refractivity contribution is 6.33. The maximum Gasteiger partial charge on any atom is 0.259 e. The van der Waals surface area contributed by atoms with Crippen LogP contribution in [0.25, 0.3) is 22.8 Å². The Morgan fingerprint density at radius 2 is 2.04 bits per heavy atom. The molecule has 2 aromatic carbocycles. The summed E-state index contributed by atoms with van der Waals surface area (Å²) < 4.78 is 5.39. The molecule has 1 aromatic heterocycles. The minimum absolute atomic E-state index is 0.103. The number of fused-ring (bicyclic) bond motifs is 1. The molecule has 7 nitrogen and oxygen atoms in total. The van der Waals surface area contributed by atoms with Gasteiger partial charge in [-0.2, -0.15) is 4.98 Å². The zero-order valence-corrected chi connectivity index (χ0v) is 15.8. The smallest absolute Gasteiger partial charge is 0.259 e. The van der Waals surface area contributed by atoms with Gasteiger partial charge >= 0.3 is 0 Å². The van der Waals surface area contributed by atoms with Gasteiger partial charge in [0.1, 0.15) is 0 Å². The molecule has 3 aromatic rings. The number of aliphatic hydroxyl groups is 1. The first-order valence-corrected chi connectivity index (χ1v) is 8.98. The fraction of sp³-hybridized carbons (Fsp3) is 0.263. The van der Waals surface area contributed by atoms with E-state index >= 15 is 0 Å². The quantitative estimate of drug-likeness (QED) is 0.616. The largest absolute Gasteiger partial charge is 0.396 e. The van der Waals surface area contributed by atoms with Gasteiger partial charge in [0.05, 0.1) is 22.0 Å². The highest BCUT2D eigenvalue weighted by Gasteiger charge is 2.26. The summed E-state index contributed by atoms with van der Waals surface area (Å²) >= 11 is 6.20. The van der Waals surface area contributed by atoms with Crippen molar-refractivity contribution < 1.29 is 9.63 Å². The molecule has 0 spiro atoms. The molecule has 1 aliphatic heterocycles. The van der Waals surface area contributed by atoms with Gasteiger partial charge in [-0.1, -0.05) is 42.7 Å². The first-order chi connectivity index (χ1) is 13.0. The summed E-state index contributed by atoms with van der Waals surface area (Å²) in [4.78, 5) is 4.47. The Balaban J connectivity index is 1.60. The number of halogens is 1. The van der Waals surface area contributed by atoms with Gasteiger partial charge in [0, 0.05) is 24.1 Å². The second kappa shape index (κ2) is 6.84. The van der Waals surface area contributed by atoms with E-state index in [0.29, 0.717) is 28.8 Å². The minimum atomic E-state index is -0.230. The van der Waals surface area contributed by atoms with Crippen LogP contribution < -0.4 is 16.0 Å². The van der Waals surface area contributed by atoms with E-state index in [1.54, 1.807) is 6.07 Å². The number of benzene rings is 2. The van der Waals surface area contributed by atoms with E-state index < -0.39 is 0 Å². The van der Waals surface area contributed by atoms with E-state index in [9.17, 15) is 5.11 Å². The molecule has 0 aliphatic carbocycles. The molecular formula is C19H20ClN5O2. The van der Waals surface area contributed by atoms with Gasteiger partial charge in [-0.05, 0) is 30.3 Å². The molecule has 8 heteroatoms. The molecule has 0 unspecified atom stereocenters. The molecule has 27 heavy (non-hydrogen) atoms. The van der Waals surface area contributed by atoms with E-state index in [1.807, 2.05) is 55.3 Å². The SMILES string of the molecule is CC(C)(CO)CN1NNc2cc(-c3noc(-c4ccccc4Cl)n3)ccc21. The third kappa shape index (κ3) is 3.49. The van der Waals surface area contributed by atoms with Crippen molar-refractivity contribution in [2.24, 2.45) is 5.41 Å². The lowest BCUT2D eigenvalue weighted by molar-refractivity contribution is 0.162. The average molecular weight is 386 g/mol. The van der Waals surface area contributed by atoms with Crippen LogP contribution in [0.3, 0.4) is 0 Å². The highest BCUT2D eigenvalue weighted by Crippen LogP contribution is 2.35. The molecule has 3 N–H and O–H groups in total. The fourth-order valence-electron chi connectivity index (χ4n) is 2.89. The standard InChI is InChI=1S/C19H20ClN5O2/c1-19(2,11-26)10-25-16-8-7-12(9-15(16)22-24-25)17-21-18(27-23-17)13-5-3-4-6-14(13)20/h3-9,22,24,26H,10-11H2,1-2H3. The highest BCUT2D eigenvalue weighted by atomic mass is 35.5. The van der Waals surface area contributed by atoms with Gasteiger partial charge in [0.15, 0.2) is 0 Å². The lowest BCUT2D eigenvalue weighted by Gasteiger charge is -2.28. The van der Waals surface area contributed by atoms with Crippen LogP contribution in [-0.2, 0) is 0 Å². The first kappa shape index (κ1) is 17.8. The normalized spacial score (nSPS) is 13.6. The van der Waals surface area contributed by atoms with Crippen LogP contribution in [0, 0.1) is 5.41 Å². The van der Waals surface area contributed by atoms with Gasteiger partial charge in [-0.25, -0.2) is 0 Å². The number of hydrogen-bond donors (Lipinski definition) is 3. The second-order valence-electron chi connectivity index (χ2n) is 7.28. The number of nitrogens with one attached hydrogen (secondary N) is 2. The lowest BCUT2D eigenvalue weighted by atomic mass is 9.94. The molecule has 140 valence electrons. The zero-order valence-electron chi connectivity index (χ0n) is 15.0. The third-order valence-electron chi connectivity index (χ3n) is 4.42. The molecule has 0 amide bonds. The number of rotatable bonds is 5. The second-order valence-corrected chi connectivity index (χ2v) is 7.69. The van der Waals surface area contributed by atoms with Gasteiger partial charge in [-0.3, -0.25) is 5.01 Å². The van der Waals surface area contributed by atoms with Crippen molar-refractivity contribution in [2.75, 3.05) is 23.6 Å². The van der Waals surface area contributed by atoms with E-state index in [1.165, 1.54) is 0 Å². The molecular weight excluding hydrogens is 366 g/mol. The molecule has 0 bridgehead atoms. The van der Waals surface area contributed by atoms with Crippen molar-refractivity contribution in [3.8, 4) is 22.8 Å². The predicted molar refractivity (Wildman–Crippen MR) is 105 cm³/mol. The fourth-order valence-corrected chi connectivity index (χ4v) is 3.10. The summed E-state index contributed by atoms with van der Waals surface area (Å²) in [6.07, 6.45) is 0. The number of aromatic nitrogens is 2. The summed E-state index contributed by atoms with van der Waals surface area (Å²) in [7, 11) is 0. The van der Waals surface area contributed by atoms with Crippen LogP contribution in [-0.4, -0.2) is 28.4 Å². The summed E-state index contributed by atoms with van der Waals surface area (Å²) in [6, 6.07) is 13.2. The van der Waals surface area contributed by atoms with Crippen LogP contribution >= 0.6 is 11.6 Å². The van der Waals surface area contributed by atoms with E-state index in [-0.39, 0.29) is 12.0 Å². The monoisotopic (exact) mass is 385 g/mol. The van der Waals surface area contributed by atoms with Crippen molar-refractivity contribution in [2.45, 2.75) is 13.8 Å². The number of aliphatic hydroxyl groups excluding tert-OH is 1. The van der Waals surface area contributed by atoms with Crippen molar-refractivity contribution >= 4 is 23.0 Å². The number of hydrazine groups is 2. The Morgan fingerprint density at radius 3 is 2.81 bits per heavy atom. The molecule has 2 heterocycles.